The van der Waals surface area contributed by atoms with E-state index in [-0.39, 0.29) is 11.8 Å². The van der Waals surface area contributed by atoms with Gasteiger partial charge in [0.05, 0.1) is 18.3 Å². The highest BCUT2D eigenvalue weighted by molar-refractivity contribution is 7.10. The highest BCUT2D eigenvalue weighted by atomic mass is 35.5. The first-order valence-corrected chi connectivity index (χ1v) is 11.4. The monoisotopic (exact) mass is 454 g/mol. The predicted octanol–water partition coefficient (Wildman–Crippen LogP) is 4.33. The molecule has 1 aliphatic heterocycles. The molecule has 0 saturated carbocycles. The molecular weight excluding hydrogens is 432 g/mol. The summed E-state index contributed by atoms with van der Waals surface area (Å²) in [7, 11) is 0. The average molecular weight is 455 g/mol. The van der Waals surface area contributed by atoms with Crippen LogP contribution in [0.15, 0.2) is 60.1 Å². The van der Waals surface area contributed by atoms with Gasteiger partial charge in [-0.3, -0.25) is 9.59 Å². The van der Waals surface area contributed by atoms with Crippen molar-refractivity contribution < 1.29 is 9.59 Å². The molecule has 3 heterocycles. The van der Waals surface area contributed by atoms with Gasteiger partial charge in [0.25, 0.3) is 5.91 Å². The van der Waals surface area contributed by atoms with Crippen LogP contribution in [0.2, 0.25) is 5.02 Å². The molecule has 1 aromatic carbocycles. The van der Waals surface area contributed by atoms with E-state index < -0.39 is 0 Å². The molecule has 0 atom stereocenters. The van der Waals surface area contributed by atoms with Gasteiger partial charge in [0.1, 0.15) is 5.82 Å². The average Bonchev–Trinajstić information content (AvgIpc) is 3.15. The third kappa shape index (κ3) is 5.62. The SMILES string of the molecule is O=C(Cc1cccs1)Nc1ccc(N2CCCN(C(=O)c3ccc(Cl)cc3)CC2)nc1. The van der Waals surface area contributed by atoms with E-state index >= 15 is 0 Å². The molecule has 0 aliphatic carbocycles. The number of halogens is 1. The van der Waals surface area contributed by atoms with Gasteiger partial charge in [-0.2, -0.15) is 0 Å². The Labute approximate surface area is 190 Å². The lowest BCUT2D eigenvalue weighted by Gasteiger charge is -2.23. The second-order valence-corrected chi connectivity index (χ2v) is 8.82. The number of hydrogen-bond acceptors (Lipinski definition) is 5. The molecule has 6 nitrogen and oxygen atoms in total. The summed E-state index contributed by atoms with van der Waals surface area (Å²) in [5.41, 5.74) is 1.33. The van der Waals surface area contributed by atoms with E-state index in [1.165, 1.54) is 0 Å². The molecule has 0 radical (unpaired) electrons. The van der Waals surface area contributed by atoms with Crippen LogP contribution in [0.4, 0.5) is 11.5 Å². The number of thiophene rings is 1. The van der Waals surface area contributed by atoms with Crippen LogP contribution in [0.5, 0.6) is 0 Å². The molecule has 0 bridgehead atoms. The fourth-order valence-electron chi connectivity index (χ4n) is 3.55. The molecule has 0 unspecified atom stereocenters. The van der Waals surface area contributed by atoms with Crippen molar-refractivity contribution in [3.8, 4) is 0 Å². The summed E-state index contributed by atoms with van der Waals surface area (Å²) in [5, 5.41) is 5.47. The standard InChI is InChI=1S/C23H23ClN4O2S/c24-18-6-4-17(5-7-18)23(30)28-11-2-10-27(12-13-28)21-9-8-19(16-25-21)26-22(29)15-20-3-1-14-31-20/h1,3-9,14,16H,2,10-13,15H2,(H,26,29). The van der Waals surface area contributed by atoms with Crippen molar-refractivity contribution >= 4 is 46.3 Å². The lowest BCUT2D eigenvalue weighted by Crippen LogP contribution is -2.35. The van der Waals surface area contributed by atoms with E-state index in [9.17, 15) is 9.59 Å². The summed E-state index contributed by atoms with van der Waals surface area (Å²) < 4.78 is 0. The van der Waals surface area contributed by atoms with E-state index in [1.807, 2.05) is 34.5 Å². The second-order valence-electron chi connectivity index (χ2n) is 7.35. The minimum absolute atomic E-state index is 0.0234. The molecule has 2 aromatic heterocycles. The van der Waals surface area contributed by atoms with E-state index in [2.05, 4.69) is 15.2 Å². The maximum absolute atomic E-state index is 12.8. The Morgan fingerprint density at radius 3 is 2.58 bits per heavy atom. The van der Waals surface area contributed by atoms with E-state index in [0.717, 1.165) is 23.7 Å². The van der Waals surface area contributed by atoms with Gasteiger partial charge in [-0.05, 0) is 54.3 Å². The van der Waals surface area contributed by atoms with Crippen LogP contribution < -0.4 is 10.2 Å². The summed E-state index contributed by atoms with van der Waals surface area (Å²) in [6, 6.07) is 14.7. The Hall–Kier alpha value is -2.90. The van der Waals surface area contributed by atoms with Crippen LogP contribution in [0, 0.1) is 0 Å². The Balaban J connectivity index is 1.33. The number of anilines is 2. The predicted molar refractivity (Wildman–Crippen MR) is 125 cm³/mol. The molecule has 4 rings (SSSR count). The van der Waals surface area contributed by atoms with Gasteiger partial charge in [0.2, 0.25) is 5.91 Å². The fraction of sp³-hybridized carbons (Fsp3) is 0.261. The smallest absolute Gasteiger partial charge is 0.253 e. The minimum atomic E-state index is -0.0527. The van der Waals surface area contributed by atoms with Crippen molar-refractivity contribution in [2.45, 2.75) is 12.8 Å². The van der Waals surface area contributed by atoms with Crippen molar-refractivity contribution in [1.29, 1.82) is 0 Å². The second kappa shape index (κ2) is 9.94. The highest BCUT2D eigenvalue weighted by Crippen LogP contribution is 2.19. The first-order valence-electron chi connectivity index (χ1n) is 10.2. The van der Waals surface area contributed by atoms with Crippen molar-refractivity contribution in [2.75, 3.05) is 36.4 Å². The molecule has 0 spiro atoms. The molecular formula is C23H23ClN4O2S. The fourth-order valence-corrected chi connectivity index (χ4v) is 4.38. The first kappa shape index (κ1) is 21.3. The first-order chi connectivity index (χ1) is 15.1. The van der Waals surface area contributed by atoms with Gasteiger partial charge >= 0.3 is 0 Å². The van der Waals surface area contributed by atoms with Crippen LogP contribution >= 0.6 is 22.9 Å². The van der Waals surface area contributed by atoms with Crippen molar-refractivity contribution in [2.24, 2.45) is 0 Å². The zero-order valence-electron chi connectivity index (χ0n) is 17.0. The van der Waals surface area contributed by atoms with Crippen LogP contribution in [-0.2, 0) is 11.2 Å². The topological polar surface area (TPSA) is 65.5 Å². The Bertz CT molecular complexity index is 1020. The Morgan fingerprint density at radius 1 is 1.03 bits per heavy atom. The van der Waals surface area contributed by atoms with Gasteiger partial charge < -0.3 is 15.1 Å². The molecule has 1 N–H and O–H groups in total. The molecule has 8 heteroatoms. The van der Waals surface area contributed by atoms with Crippen molar-refractivity contribution in [3.63, 3.8) is 0 Å². The van der Waals surface area contributed by atoms with Crippen LogP contribution in [0.1, 0.15) is 21.7 Å². The number of carbonyl (C=O) groups is 2. The summed E-state index contributed by atoms with van der Waals surface area (Å²) in [6.07, 6.45) is 2.91. The van der Waals surface area contributed by atoms with E-state index in [0.29, 0.717) is 42.3 Å². The van der Waals surface area contributed by atoms with Crippen LogP contribution in [0.3, 0.4) is 0 Å². The normalized spacial score (nSPS) is 14.2. The summed E-state index contributed by atoms with van der Waals surface area (Å²) in [5.74, 6) is 0.815. The highest BCUT2D eigenvalue weighted by Gasteiger charge is 2.21. The number of carbonyl (C=O) groups excluding carboxylic acids is 2. The number of nitrogens with one attached hydrogen (secondary N) is 1. The molecule has 31 heavy (non-hydrogen) atoms. The number of hydrogen-bond donors (Lipinski definition) is 1. The number of benzene rings is 1. The number of amides is 2. The maximum atomic E-state index is 12.8. The van der Waals surface area contributed by atoms with E-state index in [4.69, 9.17) is 11.6 Å². The minimum Gasteiger partial charge on any atom is -0.355 e. The molecule has 3 aromatic rings. The van der Waals surface area contributed by atoms with Gasteiger partial charge in [-0.25, -0.2) is 4.98 Å². The summed E-state index contributed by atoms with van der Waals surface area (Å²) >= 11 is 7.49. The van der Waals surface area contributed by atoms with Crippen LogP contribution in [0.25, 0.3) is 0 Å². The van der Waals surface area contributed by atoms with Gasteiger partial charge in [0, 0.05) is 41.6 Å². The molecule has 1 fully saturated rings. The Morgan fingerprint density at radius 2 is 1.87 bits per heavy atom. The Kier molecular flexibility index (Phi) is 6.84. The summed E-state index contributed by atoms with van der Waals surface area (Å²) in [4.78, 5) is 34.5. The number of aromatic nitrogens is 1. The molecule has 1 aliphatic rings. The van der Waals surface area contributed by atoms with E-state index in [1.54, 1.807) is 41.8 Å². The van der Waals surface area contributed by atoms with Crippen molar-refractivity contribution in [3.05, 3.63) is 75.6 Å². The third-order valence-electron chi connectivity index (χ3n) is 5.14. The largest absolute Gasteiger partial charge is 0.355 e. The summed E-state index contributed by atoms with van der Waals surface area (Å²) in [6.45, 7) is 2.86. The van der Waals surface area contributed by atoms with Crippen LogP contribution in [-0.4, -0.2) is 47.9 Å². The third-order valence-corrected chi connectivity index (χ3v) is 6.27. The lowest BCUT2D eigenvalue weighted by atomic mass is 10.2. The quantitative estimate of drug-likeness (QED) is 0.623. The maximum Gasteiger partial charge on any atom is 0.253 e. The van der Waals surface area contributed by atoms with Gasteiger partial charge in [-0.15, -0.1) is 11.3 Å². The molecule has 1 saturated heterocycles. The number of pyridine rings is 1. The zero-order chi connectivity index (χ0) is 21.6. The van der Waals surface area contributed by atoms with Crippen molar-refractivity contribution in [1.82, 2.24) is 9.88 Å². The molecule has 2 amide bonds. The van der Waals surface area contributed by atoms with Gasteiger partial charge in [0.15, 0.2) is 0 Å². The lowest BCUT2D eigenvalue weighted by molar-refractivity contribution is -0.115. The van der Waals surface area contributed by atoms with Gasteiger partial charge in [-0.1, -0.05) is 17.7 Å². The number of rotatable bonds is 5. The number of nitrogens with zero attached hydrogens (tertiary/aromatic N) is 3. The molecule has 160 valence electrons. The zero-order valence-corrected chi connectivity index (χ0v) is 18.5.